The van der Waals surface area contributed by atoms with Crippen molar-refractivity contribution in [3.8, 4) is 11.1 Å². The molecule has 2 fully saturated rings. The number of carbonyl (C=O) groups is 3. The highest BCUT2D eigenvalue weighted by atomic mass is 16.5. The maximum absolute atomic E-state index is 12.7. The van der Waals surface area contributed by atoms with Crippen LogP contribution in [-0.4, -0.2) is 41.3 Å². The summed E-state index contributed by atoms with van der Waals surface area (Å²) >= 11 is 0. The molecule has 5 rings (SSSR count). The number of benzene rings is 2. The fraction of sp³-hybridized carbons (Fsp3) is 0.464. The minimum absolute atomic E-state index is 0.00516. The Labute approximate surface area is 205 Å². The van der Waals surface area contributed by atoms with E-state index < -0.39 is 17.6 Å². The molecule has 0 heterocycles. The van der Waals surface area contributed by atoms with Crippen LogP contribution >= 0.6 is 0 Å². The van der Waals surface area contributed by atoms with E-state index >= 15 is 0 Å². The molecule has 0 spiro atoms. The lowest BCUT2D eigenvalue weighted by atomic mass is 9.93. The third-order valence-electron chi connectivity index (χ3n) is 7.99. The molecule has 0 saturated heterocycles. The van der Waals surface area contributed by atoms with Crippen molar-refractivity contribution in [1.29, 1.82) is 0 Å². The Balaban J connectivity index is 1.17. The molecule has 0 aromatic heterocycles. The molecule has 3 aliphatic carbocycles. The summed E-state index contributed by atoms with van der Waals surface area (Å²) in [6.07, 6.45) is 3.86. The fourth-order valence-electron chi connectivity index (χ4n) is 5.83. The second-order valence-electron chi connectivity index (χ2n) is 10.3. The SMILES string of the molecule is CC(NC(=O)C[C@@H]1CCC[C@H]1NC(=O)OCC1c2ccccc2-c2ccccc21)(C(=O)O)C1CC1. The van der Waals surface area contributed by atoms with Crippen molar-refractivity contribution in [1.82, 2.24) is 10.6 Å². The number of carbonyl (C=O) groups excluding carboxylic acids is 2. The van der Waals surface area contributed by atoms with Gasteiger partial charge in [0.05, 0.1) is 0 Å². The van der Waals surface area contributed by atoms with Crippen molar-refractivity contribution in [2.24, 2.45) is 11.8 Å². The summed E-state index contributed by atoms with van der Waals surface area (Å²) < 4.78 is 5.68. The van der Waals surface area contributed by atoms with Crippen LogP contribution in [0.2, 0.25) is 0 Å². The second-order valence-corrected chi connectivity index (χ2v) is 10.3. The number of nitrogens with one attached hydrogen (secondary N) is 2. The zero-order chi connectivity index (χ0) is 24.6. The van der Waals surface area contributed by atoms with E-state index in [-0.39, 0.29) is 42.7 Å². The molecule has 2 saturated carbocycles. The number of hydrogen-bond donors (Lipinski definition) is 3. The van der Waals surface area contributed by atoms with Crippen molar-refractivity contribution in [3.05, 3.63) is 59.7 Å². The van der Waals surface area contributed by atoms with Crippen LogP contribution in [0.15, 0.2) is 48.5 Å². The van der Waals surface area contributed by atoms with E-state index in [9.17, 15) is 19.5 Å². The third kappa shape index (κ3) is 4.64. The van der Waals surface area contributed by atoms with E-state index in [1.807, 2.05) is 24.3 Å². The smallest absolute Gasteiger partial charge is 0.407 e. The lowest BCUT2D eigenvalue weighted by molar-refractivity contribution is -0.148. The first-order chi connectivity index (χ1) is 16.9. The summed E-state index contributed by atoms with van der Waals surface area (Å²) in [4.78, 5) is 37.1. The summed E-state index contributed by atoms with van der Waals surface area (Å²) in [7, 11) is 0. The topological polar surface area (TPSA) is 105 Å². The molecule has 1 unspecified atom stereocenters. The lowest BCUT2D eigenvalue weighted by Crippen LogP contribution is -2.54. The monoisotopic (exact) mass is 476 g/mol. The summed E-state index contributed by atoms with van der Waals surface area (Å²) in [6.45, 7) is 1.84. The molecule has 3 aliphatic rings. The molecule has 184 valence electrons. The Morgan fingerprint density at radius 2 is 1.60 bits per heavy atom. The molecule has 7 nitrogen and oxygen atoms in total. The molecule has 0 bridgehead atoms. The number of ether oxygens (including phenoxy) is 1. The van der Waals surface area contributed by atoms with Crippen LogP contribution in [0.4, 0.5) is 4.79 Å². The molecule has 35 heavy (non-hydrogen) atoms. The average molecular weight is 477 g/mol. The standard InChI is InChI=1S/C28H32N2O5/c1-28(26(32)33,18-13-14-18)30-25(31)15-17-7-6-12-24(17)29-27(34)35-16-23-21-10-4-2-8-19(21)20-9-3-5-11-22(20)23/h2-5,8-11,17-18,23-24H,6-7,12-16H2,1H3,(H,29,34)(H,30,31)(H,32,33)/t17-,24+,28?/m0/s1. The van der Waals surface area contributed by atoms with Crippen LogP contribution < -0.4 is 10.6 Å². The van der Waals surface area contributed by atoms with Crippen molar-refractivity contribution < 1.29 is 24.2 Å². The fourth-order valence-corrected chi connectivity index (χ4v) is 5.83. The van der Waals surface area contributed by atoms with Gasteiger partial charge in [0, 0.05) is 18.4 Å². The summed E-state index contributed by atoms with van der Waals surface area (Å²) in [5.41, 5.74) is 3.46. The van der Waals surface area contributed by atoms with Crippen molar-refractivity contribution >= 4 is 18.0 Å². The third-order valence-corrected chi connectivity index (χ3v) is 7.99. The number of fused-ring (bicyclic) bond motifs is 3. The lowest BCUT2D eigenvalue weighted by Gasteiger charge is -2.28. The summed E-state index contributed by atoms with van der Waals surface area (Å²) in [5.74, 6) is -1.31. The van der Waals surface area contributed by atoms with Crippen molar-refractivity contribution in [2.45, 2.75) is 62.9 Å². The van der Waals surface area contributed by atoms with Crippen LogP contribution in [-0.2, 0) is 14.3 Å². The predicted octanol–water partition coefficient (Wildman–Crippen LogP) is 4.45. The van der Waals surface area contributed by atoms with Gasteiger partial charge in [0.1, 0.15) is 12.1 Å². The Morgan fingerprint density at radius 1 is 0.971 bits per heavy atom. The second kappa shape index (κ2) is 9.36. The Morgan fingerprint density at radius 3 is 2.20 bits per heavy atom. The largest absolute Gasteiger partial charge is 0.480 e. The van der Waals surface area contributed by atoms with Crippen molar-refractivity contribution in [3.63, 3.8) is 0 Å². The maximum atomic E-state index is 12.7. The number of amides is 2. The molecule has 2 aromatic rings. The van der Waals surface area contributed by atoms with E-state index in [0.29, 0.717) is 0 Å². The van der Waals surface area contributed by atoms with Crippen LogP contribution in [0.5, 0.6) is 0 Å². The maximum Gasteiger partial charge on any atom is 0.407 e. The number of aliphatic carboxylic acids is 1. The molecule has 0 aliphatic heterocycles. The van der Waals surface area contributed by atoms with E-state index in [1.54, 1.807) is 6.92 Å². The first-order valence-electron chi connectivity index (χ1n) is 12.5. The molecule has 3 N–H and O–H groups in total. The predicted molar refractivity (Wildman–Crippen MR) is 131 cm³/mol. The number of hydrogen-bond acceptors (Lipinski definition) is 4. The molecule has 3 atom stereocenters. The van der Waals surface area contributed by atoms with E-state index in [2.05, 4.69) is 34.9 Å². The summed E-state index contributed by atoms with van der Waals surface area (Å²) in [5, 5.41) is 15.3. The first kappa shape index (κ1) is 23.4. The Bertz CT molecular complexity index is 1100. The van der Waals surface area contributed by atoms with E-state index in [4.69, 9.17) is 4.74 Å². The quantitative estimate of drug-likeness (QED) is 0.522. The first-order valence-corrected chi connectivity index (χ1v) is 12.5. The van der Waals surface area contributed by atoms with Crippen molar-refractivity contribution in [2.75, 3.05) is 6.61 Å². The highest BCUT2D eigenvalue weighted by molar-refractivity contribution is 5.87. The zero-order valence-corrected chi connectivity index (χ0v) is 20.0. The number of carboxylic acid groups (broad SMARTS) is 1. The molecule has 7 heteroatoms. The average Bonchev–Trinajstić information content (AvgIpc) is 3.55. The van der Waals surface area contributed by atoms with Crippen LogP contribution in [0, 0.1) is 11.8 Å². The van der Waals surface area contributed by atoms with Gasteiger partial charge >= 0.3 is 12.1 Å². The van der Waals surface area contributed by atoms with Gasteiger partial charge in [0.15, 0.2) is 0 Å². The molecular weight excluding hydrogens is 444 g/mol. The normalized spacial score (nSPS) is 22.5. The highest BCUT2D eigenvalue weighted by Gasteiger charge is 2.48. The van der Waals surface area contributed by atoms with Gasteiger partial charge in [0.25, 0.3) is 0 Å². The Kier molecular flexibility index (Phi) is 6.26. The van der Waals surface area contributed by atoms with Gasteiger partial charge in [-0.2, -0.15) is 0 Å². The van der Waals surface area contributed by atoms with E-state index in [0.717, 1.165) is 43.2 Å². The number of carboxylic acids is 1. The van der Waals surface area contributed by atoms with Crippen LogP contribution in [0.3, 0.4) is 0 Å². The van der Waals surface area contributed by atoms with Gasteiger partial charge < -0.3 is 20.5 Å². The molecule has 2 amide bonds. The van der Waals surface area contributed by atoms with Gasteiger partial charge in [0.2, 0.25) is 5.91 Å². The Hall–Kier alpha value is -3.35. The van der Waals surface area contributed by atoms with Crippen LogP contribution in [0.25, 0.3) is 11.1 Å². The molecule has 0 radical (unpaired) electrons. The number of rotatable bonds is 8. The van der Waals surface area contributed by atoms with E-state index in [1.165, 1.54) is 11.1 Å². The van der Waals surface area contributed by atoms with Gasteiger partial charge in [-0.15, -0.1) is 0 Å². The van der Waals surface area contributed by atoms with Gasteiger partial charge in [-0.3, -0.25) is 4.79 Å². The molecular formula is C28H32N2O5. The van der Waals surface area contributed by atoms with Gasteiger partial charge in [-0.25, -0.2) is 9.59 Å². The van der Waals surface area contributed by atoms with Crippen LogP contribution in [0.1, 0.15) is 62.5 Å². The minimum atomic E-state index is -1.22. The number of alkyl carbamates (subject to hydrolysis) is 1. The summed E-state index contributed by atoms with van der Waals surface area (Å²) in [6, 6.07) is 16.3. The molecule has 2 aromatic carbocycles. The van der Waals surface area contributed by atoms with Gasteiger partial charge in [-0.05, 0) is 66.7 Å². The minimum Gasteiger partial charge on any atom is -0.480 e. The zero-order valence-electron chi connectivity index (χ0n) is 20.0. The highest BCUT2D eigenvalue weighted by Crippen LogP contribution is 2.44. The van der Waals surface area contributed by atoms with Gasteiger partial charge in [-0.1, -0.05) is 55.0 Å².